The van der Waals surface area contributed by atoms with Crippen molar-refractivity contribution in [1.82, 2.24) is 4.90 Å². The maximum absolute atomic E-state index is 12.6. The SMILES string of the molecule is CN(C)CCC(=O)N(Cc1ccccc1)c1ccc(N)cc1. The fraction of sp³-hybridized carbons (Fsp3) is 0.278. The van der Waals surface area contributed by atoms with Crippen LogP contribution in [-0.4, -0.2) is 31.4 Å². The molecule has 22 heavy (non-hydrogen) atoms. The van der Waals surface area contributed by atoms with Crippen LogP contribution in [-0.2, 0) is 11.3 Å². The minimum atomic E-state index is 0.113. The summed E-state index contributed by atoms with van der Waals surface area (Å²) in [6, 6.07) is 17.5. The van der Waals surface area contributed by atoms with E-state index in [1.165, 1.54) is 0 Å². The van der Waals surface area contributed by atoms with E-state index in [1.807, 2.05) is 78.5 Å². The Hall–Kier alpha value is -2.33. The van der Waals surface area contributed by atoms with E-state index in [-0.39, 0.29) is 5.91 Å². The van der Waals surface area contributed by atoms with Crippen molar-refractivity contribution in [3.05, 3.63) is 60.2 Å². The zero-order chi connectivity index (χ0) is 15.9. The number of nitrogen functional groups attached to an aromatic ring is 1. The Labute approximate surface area is 132 Å². The van der Waals surface area contributed by atoms with E-state index in [4.69, 9.17) is 5.73 Å². The lowest BCUT2D eigenvalue weighted by atomic mass is 10.1. The van der Waals surface area contributed by atoms with Gasteiger partial charge in [-0.15, -0.1) is 0 Å². The predicted molar refractivity (Wildman–Crippen MR) is 91.7 cm³/mol. The Kier molecular flexibility index (Phi) is 5.55. The molecule has 2 aromatic rings. The van der Waals surface area contributed by atoms with Crippen LogP contribution in [0.3, 0.4) is 0 Å². The number of nitrogens with zero attached hydrogens (tertiary/aromatic N) is 2. The van der Waals surface area contributed by atoms with Gasteiger partial charge in [0.2, 0.25) is 5.91 Å². The smallest absolute Gasteiger partial charge is 0.228 e. The van der Waals surface area contributed by atoms with Gasteiger partial charge in [-0.05, 0) is 43.9 Å². The van der Waals surface area contributed by atoms with Gasteiger partial charge in [0, 0.05) is 24.3 Å². The summed E-state index contributed by atoms with van der Waals surface area (Å²) < 4.78 is 0. The lowest BCUT2D eigenvalue weighted by Crippen LogP contribution is -2.32. The van der Waals surface area contributed by atoms with Crippen molar-refractivity contribution in [2.45, 2.75) is 13.0 Å². The molecule has 0 aliphatic heterocycles. The Balaban J connectivity index is 2.20. The molecule has 0 atom stereocenters. The molecule has 0 fully saturated rings. The van der Waals surface area contributed by atoms with Crippen molar-refractivity contribution in [1.29, 1.82) is 0 Å². The molecule has 0 saturated heterocycles. The van der Waals surface area contributed by atoms with Crippen molar-refractivity contribution in [2.75, 3.05) is 31.3 Å². The number of nitrogens with two attached hydrogens (primary N) is 1. The molecule has 0 unspecified atom stereocenters. The lowest BCUT2D eigenvalue weighted by Gasteiger charge is -2.24. The van der Waals surface area contributed by atoms with Crippen molar-refractivity contribution in [2.24, 2.45) is 0 Å². The minimum Gasteiger partial charge on any atom is -0.399 e. The zero-order valence-corrected chi connectivity index (χ0v) is 13.2. The number of rotatable bonds is 6. The van der Waals surface area contributed by atoms with Crippen LogP contribution in [0.15, 0.2) is 54.6 Å². The zero-order valence-electron chi connectivity index (χ0n) is 13.2. The second kappa shape index (κ2) is 7.61. The molecule has 0 radical (unpaired) electrons. The fourth-order valence-corrected chi connectivity index (χ4v) is 2.20. The van der Waals surface area contributed by atoms with E-state index in [1.54, 1.807) is 0 Å². The largest absolute Gasteiger partial charge is 0.399 e. The summed E-state index contributed by atoms with van der Waals surface area (Å²) in [6.45, 7) is 1.30. The summed E-state index contributed by atoms with van der Waals surface area (Å²) in [6.07, 6.45) is 0.490. The van der Waals surface area contributed by atoms with Crippen LogP contribution in [0.5, 0.6) is 0 Å². The molecule has 0 aliphatic rings. The van der Waals surface area contributed by atoms with Gasteiger partial charge >= 0.3 is 0 Å². The van der Waals surface area contributed by atoms with Crippen LogP contribution >= 0.6 is 0 Å². The van der Waals surface area contributed by atoms with E-state index >= 15 is 0 Å². The molecular formula is C18H23N3O. The monoisotopic (exact) mass is 297 g/mol. The van der Waals surface area contributed by atoms with Crippen molar-refractivity contribution < 1.29 is 4.79 Å². The highest BCUT2D eigenvalue weighted by Crippen LogP contribution is 2.20. The van der Waals surface area contributed by atoms with Crippen LogP contribution in [0.4, 0.5) is 11.4 Å². The molecule has 0 aliphatic carbocycles. The Morgan fingerprint density at radius 1 is 1.00 bits per heavy atom. The molecule has 4 nitrogen and oxygen atoms in total. The Morgan fingerprint density at radius 2 is 1.64 bits per heavy atom. The Bertz CT molecular complexity index is 593. The molecule has 0 spiro atoms. The van der Waals surface area contributed by atoms with Gasteiger partial charge in [0.15, 0.2) is 0 Å². The quantitative estimate of drug-likeness (QED) is 0.834. The van der Waals surface area contributed by atoms with E-state index in [2.05, 4.69) is 0 Å². The fourth-order valence-electron chi connectivity index (χ4n) is 2.20. The van der Waals surface area contributed by atoms with Gasteiger partial charge in [0.05, 0.1) is 6.54 Å². The number of amides is 1. The predicted octanol–water partition coefficient (Wildman–Crippen LogP) is 2.75. The number of carbonyl (C=O) groups is 1. The second-order valence-corrected chi connectivity index (χ2v) is 5.61. The van der Waals surface area contributed by atoms with Crippen molar-refractivity contribution >= 4 is 17.3 Å². The lowest BCUT2D eigenvalue weighted by molar-refractivity contribution is -0.119. The van der Waals surface area contributed by atoms with Crippen molar-refractivity contribution in [3.8, 4) is 0 Å². The molecule has 4 heteroatoms. The molecule has 0 heterocycles. The summed E-state index contributed by atoms with van der Waals surface area (Å²) in [5.41, 5.74) is 8.43. The van der Waals surface area contributed by atoms with Gasteiger partial charge in [0.25, 0.3) is 0 Å². The molecule has 0 aromatic heterocycles. The molecule has 1 amide bonds. The number of hydrogen-bond donors (Lipinski definition) is 1. The first kappa shape index (κ1) is 16.0. The topological polar surface area (TPSA) is 49.6 Å². The van der Waals surface area contributed by atoms with E-state index < -0.39 is 0 Å². The minimum absolute atomic E-state index is 0.113. The molecule has 2 rings (SSSR count). The van der Waals surface area contributed by atoms with E-state index in [0.29, 0.717) is 18.7 Å². The molecule has 0 saturated carbocycles. The van der Waals surface area contributed by atoms with Crippen LogP contribution < -0.4 is 10.6 Å². The average molecular weight is 297 g/mol. The van der Waals surface area contributed by atoms with Crippen LogP contribution in [0.25, 0.3) is 0 Å². The average Bonchev–Trinajstić information content (AvgIpc) is 2.52. The third kappa shape index (κ3) is 4.60. The highest BCUT2D eigenvalue weighted by molar-refractivity contribution is 5.93. The maximum atomic E-state index is 12.6. The van der Waals surface area contributed by atoms with Crippen LogP contribution in [0, 0.1) is 0 Å². The first-order valence-electron chi connectivity index (χ1n) is 7.41. The molecular weight excluding hydrogens is 274 g/mol. The van der Waals surface area contributed by atoms with Gasteiger partial charge in [0.1, 0.15) is 0 Å². The highest BCUT2D eigenvalue weighted by Gasteiger charge is 2.16. The van der Waals surface area contributed by atoms with E-state index in [9.17, 15) is 4.79 Å². The third-order valence-corrected chi connectivity index (χ3v) is 3.46. The van der Waals surface area contributed by atoms with Gasteiger partial charge < -0.3 is 15.5 Å². The molecule has 2 N–H and O–H groups in total. The molecule has 2 aromatic carbocycles. The van der Waals surface area contributed by atoms with Crippen molar-refractivity contribution in [3.63, 3.8) is 0 Å². The molecule has 116 valence electrons. The summed E-state index contributed by atoms with van der Waals surface area (Å²) in [4.78, 5) is 16.4. The van der Waals surface area contributed by atoms with E-state index in [0.717, 1.165) is 17.8 Å². The summed E-state index contributed by atoms with van der Waals surface area (Å²) in [5, 5.41) is 0. The molecule has 0 bridgehead atoms. The van der Waals surface area contributed by atoms with Gasteiger partial charge in [-0.3, -0.25) is 4.79 Å². The first-order valence-corrected chi connectivity index (χ1v) is 7.41. The number of carbonyl (C=O) groups excluding carboxylic acids is 1. The maximum Gasteiger partial charge on any atom is 0.228 e. The van der Waals surface area contributed by atoms with Gasteiger partial charge in [-0.1, -0.05) is 30.3 Å². The standard InChI is InChI=1S/C18H23N3O/c1-20(2)13-12-18(22)21(14-15-6-4-3-5-7-15)17-10-8-16(19)9-11-17/h3-11H,12-14,19H2,1-2H3. The second-order valence-electron chi connectivity index (χ2n) is 5.61. The third-order valence-electron chi connectivity index (χ3n) is 3.46. The van der Waals surface area contributed by atoms with Gasteiger partial charge in [-0.2, -0.15) is 0 Å². The highest BCUT2D eigenvalue weighted by atomic mass is 16.2. The Morgan fingerprint density at radius 3 is 2.23 bits per heavy atom. The summed E-state index contributed by atoms with van der Waals surface area (Å²) in [5.74, 6) is 0.113. The summed E-state index contributed by atoms with van der Waals surface area (Å²) >= 11 is 0. The number of anilines is 2. The number of benzene rings is 2. The van der Waals surface area contributed by atoms with Crippen LogP contribution in [0.1, 0.15) is 12.0 Å². The van der Waals surface area contributed by atoms with Gasteiger partial charge in [-0.25, -0.2) is 0 Å². The first-order chi connectivity index (χ1) is 10.6. The number of hydrogen-bond acceptors (Lipinski definition) is 3. The normalized spacial score (nSPS) is 10.7. The van der Waals surface area contributed by atoms with Crippen LogP contribution in [0.2, 0.25) is 0 Å². The summed E-state index contributed by atoms with van der Waals surface area (Å²) in [7, 11) is 3.94.